The van der Waals surface area contributed by atoms with E-state index >= 15 is 0 Å². The van der Waals surface area contributed by atoms with Crippen molar-refractivity contribution in [3.63, 3.8) is 0 Å². The molecule has 0 heterocycles. The zero-order valence-corrected chi connectivity index (χ0v) is 39.9. The van der Waals surface area contributed by atoms with Gasteiger partial charge < -0.3 is 102 Å². The number of ether oxygens (including phenoxy) is 4. The molecule has 0 atom stereocenters. The number of carboxylic acids is 6. The van der Waals surface area contributed by atoms with Gasteiger partial charge in [0.2, 0.25) is 0 Å². The lowest BCUT2D eigenvalue weighted by atomic mass is 9.96. The first-order valence-corrected chi connectivity index (χ1v) is 19.5. The fourth-order valence-electron chi connectivity index (χ4n) is 3.37. The van der Waals surface area contributed by atoms with Crippen molar-refractivity contribution in [3.8, 4) is 0 Å². The first-order valence-electron chi connectivity index (χ1n) is 19.5. The molecule has 0 saturated carbocycles. The third-order valence-electron chi connectivity index (χ3n) is 6.90. The topological polar surface area (TPSA) is 582 Å². The molecule has 0 aliphatic rings. The average Bonchev–Trinajstić information content (AvgIpc) is 3.18. The smallest absolute Gasteiger partial charge is 0.336 e. The minimum Gasteiger partial charge on any atom is -0.481 e. The lowest BCUT2D eigenvalue weighted by Gasteiger charge is -2.18. The first-order chi connectivity index (χ1) is 31.9. The van der Waals surface area contributed by atoms with Crippen LogP contribution in [0, 0.1) is 21.6 Å². The molecule has 70 heavy (non-hydrogen) atoms. The van der Waals surface area contributed by atoms with Crippen LogP contribution in [0.2, 0.25) is 0 Å². The maximum Gasteiger partial charge on any atom is 0.336 e. The molecule has 0 aliphatic carbocycles. The van der Waals surface area contributed by atoms with Gasteiger partial charge in [-0.3, -0.25) is 60.0 Å². The summed E-state index contributed by atoms with van der Waals surface area (Å²) in [5, 5.41) is 95.3. The standard InChI is InChI=1S/4C6H13N3O2.2C6H8O7/c4*1-3-11-5(10)4-9(2)6(7)8;2*7-3(8)1-6(13,5(11)12)2-4(9)10/h4*3-4H2,1-2H3,(H3,7,8);2*13H,1-2H2,(H,7,8)(H,9,10)(H,11,12). The van der Waals surface area contributed by atoms with Crippen LogP contribution in [0.25, 0.3) is 0 Å². The number of nitrogens with one attached hydrogen (secondary N) is 4. The largest absolute Gasteiger partial charge is 0.481 e. The molecule has 0 aromatic heterocycles. The van der Waals surface area contributed by atoms with Crippen molar-refractivity contribution in [2.45, 2.75) is 64.6 Å². The Hall–Kier alpha value is -8.30. The van der Waals surface area contributed by atoms with Crippen LogP contribution in [0.5, 0.6) is 0 Å². The molecule has 0 amide bonds. The Balaban J connectivity index is -0.000000176. The van der Waals surface area contributed by atoms with Gasteiger partial charge in [0.15, 0.2) is 35.0 Å². The molecule has 0 aliphatic heterocycles. The second kappa shape index (κ2) is 39.8. The number of nitrogens with two attached hydrogens (primary N) is 4. The van der Waals surface area contributed by atoms with E-state index in [1.807, 2.05) is 0 Å². The van der Waals surface area contributed by atoms with Gasteiger partial charge in [-0.1, -0.05) is 0 Å². The molecule has 20 N–H and O–H groups in total. The van der Waals surface area contributed by atoms with Crippen LogP contribution in [0.1, 0.15) is 53.4 Å². The quantitative estimate of drug-likeness (QED) is 0.0209. The molecule has 0 saturated heterocycles. The molecule has 404 valence electrons. The van der Waals surface area contributed by atoms with Gasteiger partial charge >= 0.3 is 59.7 Å². The van der Waals surface area contributed by atoms with Gasteiger partial charge in [-0.2, -0.15) is 0 Å². The highest BCUT2D eigenvalue weighted by molar-refractivity contribution is 5.89. The van der Waals surface area contributed by atoms with Gasteiger partial charge in [0, 0.05) is 28.2 Å². The van der Waals surface area contributed by atoms with Crippen molar-refractivity contribution in [1.29, 1.82) is 21.6 Å². The van der Waals surface area contributed by atoms with Gasteiger partial charge in [-0.25, -0.2) is 9.59 Å². The number of carbonyl (C=O) groups is 10. The molecular weight excluding hydrogens is 952 g/mol. The summed E-state index contributed by atoms with van der Waals surface area (Å²) in [6.07, 6.45) is -4.58. The van der Waals surface area contributed by atoms with E-state index in [2.05, 4.69) is 18.9 Å². The van der Waals surface area contributed by atoms with E-state index in [4.69, 9.17) is 85.4 Å². The summed E-state index contributed by atoms with van der Waals surface area (Å²) < 4.78 is 18.5. The third-order valence-corrected chi connectivity index (χ3v) is 6.90. The Bertz CT molecular complexity index is 1540. The van der Waals surface area contributed by atoms with Gasteiger partial charge in [-0.05, 0) is 27.7 Å². The molecule has 0 unspecified atom stereocenters. The van der Waals surface area contributed by atoms with Crippen LogP contribution in [-0.2, 0) is 66.9 Å². The predicted molar refractivity (Wildman–Crippen MR) is 239 cm³/mol. The predicted octanol–water partition coefficient (Wildman–Crippen LogP) is -5.00. The lowest BCUT2D eigenvalue weighted by Crippen LogP contribution is -2.42. The normalized spacial score (nSPS) is 9.63. The van der Waals surface area contributed by atoms with E-state index in [0.29, 0.717) is 26.4 Å². The highest BCUT2D eigenvalue weighted by Gasteiger charge is 2.41. The Kier molecular flexibility index (Phi) is 41.7. The van der Waals surface area contributed by atoms with E-state index in [-0.39, 0.29) is 73.9 Å². The second-order valence-electron chi connectivity index (χ2n) is 13.1. The van der Waals surface area contributed by atoms with E-state index in [0.717, 1.165) is 0 Å². The van der Waals surface area contributed by atoms with Crippen LogP contribution < -0.4 is 22.9 Å². The SMILES string of the molecule is CCOC(=O)CN(C)C(=N)N.CCOC(=O)CN(C)C(=N)N.CCOC(=O)CN(C)C(=N)N.CCOC(=O)CN(C)C(=N)N.O=C(O)CC(O)(CC(=O)O)C(=O)O.O=C(O)CC(O)(CC(=O)O)C(=O)O. The molecule has 34 heteroatoms. The minimum atomic E-state index is -2.74. The van der Waals surface area contributed by atoms with Crippen LogP contribution >= 0.6 is 0 Å². The van der Waals surface area contributed by atoms with Crippen LogP contribution in [-0.4, -0.2) is 236 Å². The van der Waals surface area contributed by atoms with Gasteiger partial charge in [-0.15, -0.1) is 0 Å². The molecular formula is C36H68N12O22. The molecule has 0 spiro atoms. The van der Waals surface area contributed by atoms with Crippen molar-refractivity contribution >= 4 is 83.5 Å². The number of carboxylic acid groups (broad SMARTS) is 6. The summed E-state index contributed by atoms with van der Waals surface area (Å²) in [5.74, 6) is -12.1. The number of hydrogen-bond acceptors (Lipinski definition) is 20. The van der Waals surface area contributed by atoms with E-state index in [1.165, 1.54) is 19.6 Å². The fourth-order valence-corrected chi connectivity index (χ4v) is 3.37. The summed E-state index contributed by atoms with van der Waals surface area (Å²) in [5.41, 5.74) is 14.9. The Morgan fingerprint density at radius 1 is 0.386 bits per heavy atom. The van der Waals surface area contributed by atoms with E-state index in [9.17, 15) is 47.9 Å². The summed E-state index contributed by atoms with van der Waals surface area (Å²) in [4.78, 5) is 109. The van der Waals surface area contributed by atoms with Crippen LogP contribution in [0.3, 0.4) is 0 Å². The Morgan fingerprint density at radius 2 is 0.529 bits per heavy atom. The highest BCUT2D eigenvalue weighted by atomic mass is 16.5. The molecule has 0 radical (unpaired) electrons. The molecule has 0 aromatic carbocycles. The molecule has 0 rings (SSSR count). The number of carbonyl (C=O) groups excluding carboxylic acids is 4. The van der Waals surface area contributed by atoms with E-state index < -0.39 is 72.7 Å². The number of esters is 4. The van der Waals surface area contributed by atoms with Gasteiger partial charge in [0.1, 0.15) is 26.2 Å². The zero-order chi connectivity index (χ0) is 56.7. The highest BCUT2D eigenvalue weighted by Crippen LogP contribution is 2.16. The Morgan fingerprint density at radius 3 is 0.614 bits per heavy atom. The molecule has 34 nitrogen and oxygen atoms in total. The second-order valence-corrected chi connectivity index (χ2v) is 13.1. The number of rotatable bonds is 22. The maximum atomic E-state index is 10.7. The van der Waals surface area contributed by atoms with Gasteiger partial charge in [0.25, 0.3) is 0 Å². The van der Waals surface area contributed by atoms with Crippen molar-refractivity contribution in [2.75, 3.05) is 80.8 Å². The minimum absolute atomic E-state index is 0.0309. The number of aliphatic carboxylic acids is 6. The number of hydrogen-bond donors (Lipinski definition) is 16. The third kappa shape index (κ3) is 44.9. The monoisotopic (exact) mass is 1020 g/mol. The number of nitrogens with zero attached hydrogens (tertiary/aromatic N) is 4. The summed E-state index contributed by atoms with van der Waals surface area (Å²) in [6.45, 7) is 8.44. The van der Waals surface area contributed by atoms with Crippen molar-refractivity contribution in [1.82, 2.24) is 19.6 Å². The van der Waals surface area contributed by atoms with Crippen molar-refractivity contribution < 1.29 is 108 Å². The zero-order valence-electron chi connectivity index (χ0n) is 39.9. The number of guanidine groups is 4. The van der Waals surface area contributed by atoms with E-state index in [1.54, 1.807) is 55.9 Å². The molecule has 0 aromatic rings. The molecule has 0 fully saturated rings. The maximum absolute atomic E-state index is 10.7. The average molecular weight is 1020 g/mol. The summed E-state index contributed by atoms with van der Waals surface area (Å²) >= 11 is 0. The first kappa shape index (κ1) is 73.3. The Labute approximate surface area is 400 Å². The summed E-state index contributed by atoms with van der Waals surface area (Å²) in [6, 6.07) is 0. The summed E-state index contributed by atoms with van der Waals surface area (Å²) in [7, 11) is 6.22. The lowest BCUT2D eigenvalue weighted by molar-refractivity contribution is -0.170. The fraction of sp³-hybridized carbons (Fsp3) is 0.611. The molecule has 0 bridgehead atoms. The van der Waals surface area contributed by atoms with Gasteiger partial charge in [0.05, 0.1) is 52.1 Å². The van der Waals surface area contributed by atoms with Crippen molar-refractivity contribution in [2.24, 2.45) is 22.9 Å². The van der Waals surface area contributed by atoms with Crippen LogP contribution in [0.4, 0.5) is 0 Å². The number of aliphatic hydroxyl groups is 2. The number of likely N-dealkylation sites (N-methyl/N-ethyl adjacent to an activating group) is 4. The van der Waals surface area contributed by atoms with Crippen LogP contribution in [0.15, 0.2) is 0 Å². The van der Waals surface area contributed by atoms with Crippen molar-refractivity contribution in [3.05, 3.63) is 0 Å².